The van der Waals surface area contributed by atoms with Crippen LogP contribution in [0.5, 0.6) is 5.75 Å². The van der Waals surface area contributed by atoms with Crippen LogP contribution in [0, 0.1) is 10.1 Å². The number of aromatic hydroxyl groups is 1. The largest absolute Gasteiger partial charge is 0.506 e. The number of anilines is 1. The Hall–Kier alpha value is -3.39. The first-order chi connectivity index (χ1) is 11.9. The van der Waals surface area contributed by atoms with Gasteiger partial charge in [-0.2, -0.15) is 5.10 Å². The van der Waals surface area contributed by atoms with E-state index in [-0.39, 0.29) is 22.8 Å². The fourth-order valence-electron chi connectivity index (χ4n) is 2.13. The van der Waals surface area contributed by atoms with Gasteiger partial charge in [-0.25, -0.2) is 0 Å². The summed E-state index contributed by atoms with van der Waals surface area (Å²) in [5.74, 6) is -0.875. The van der Waals surface area contributed by atoms with Crippen molar-refractivity contribution < 1.29 is 14.8 Å². The predicted octanol–water partition coefficient (Wildman–Crippen LogP) is 3.60. The van der Waals surface area contributed by atoms with Crippen molar-refractivity contribution >= 4 is 28.9 Å². The molecule has 3 rings (SSSR count). The number of amides is 1. The summed E-state index contributed by atoms with van der Waals surface area (Å²) in [6.07, 6.45) is 0. The quantitative estimate of drug-likeness (QED) is 0.374. The summed E-state index contributed by atoms with van der Waals surface area (Å²) in [5.41, 5.74) is 1.11. The van der Waals surface area contributed by atoms with Crippen molar-refractivity contribution in [1.29, 1.82) is 0 Å². The second-order valence-corrected chi connectivity index (χ2v) is 5.52. The lowest BCUT2D eigenvalue weighted by Gasteiger charge is -2.05. The Morgan fingerprint density at radius 3 is 2.60 bits per heavy atom. The Kier molecular flexibility index (Phi) is 4.36. The van der Waals surface area contributed by atoms with E-state index in [4.69, 9.17) is 11.6 Å². The molecule has 1 heterocycles. The highest BCUT2D eigenvalue weighted by atomic mass is 35.5. The molecule has 0 aliphatic heterocycles. The molecule has 8 nitrogen and oxygen atoms in total. The zero-order valence-corrected chi connectivity index (χ0v) is 13.3. The first-order valence-electron chi connectivity index (χ1n) is 7.04. The minimum Gasteiger partial charge on any atom is -0.506 e. The van der Waals surface area contributed by atoms with Crippen LogP contribution in [0.4, 0.5) is 11.4 Å². The zero-order chi connectivity index (χ0) is 18.0. The van der Waals surface area contributed by atoms with Crippen LogP contribution < -0.4 is 5.32 Å². The van der Waals surface area contributed by atoms with Gasteiger partial charge in [0.05, 0.1) is 16.3 Å². The van der Waals surface area contributed by atoms with Gasteiger partial charge in [-0.3, -0.25) is 20.0 Å². The first kappa shape index (κ1) is 16.5. The molecule has 2 aromatic carbocycles. The van der Waals surface area contributed by atoms with E-state index in [0.29, 0.717) is 10.7 Å². The highest BCUT2D eigenvalue weighted by molar-refractivity contribution is 6.30. The maximum atomic E-state index is 12.3. The maximum Gasteiger partial charge on any atom is 0.273 e. The molecular weight excluding hydrogens is 348 g/mol. The number of nitrogens with zero attached hydrogens (tertiary/aromatic N) is 2. The number of hydrogen-bond acceptors (Lipinski definition) is 5. The Bertz CT molecular complexity index is 953. The van der Waals surface area contributed by atoms with Crippen molar-refractivity contribution in [3.05, 3.63) is 69.4 Å². The Morgan fingerprint density at radius 2 is 1.92 bits per heavy atom. The number of nitro groups is 1. The van der Waals surface area contributed by atoms with Gasteiger partial charge in [-0.15, -0.1) is 0 Å². The van der Waals surface area contributed by atoms with Crippen LogP contribution in [0.2, 0.25) is 5.02 Å². The molecule has 0 spiro atoms. The highest BCUT2D eigenvalue weighted by Crippen LogP contribution is 2.28. The molecule has 1 aromatic heterocycles. The van der Waals surface area contributed by atoms with Gasteiger partial charge in [-0.05, 0) is 24.3 Å². The molecule has 0 atom stereocenters. The molecule has 126 valence electrons. The number of aromatic amines is 1. The van der Waals surface area contributed by atoms with Crippen LogP contribution in [0.3, 0.4) is 0 Å². The third kappa shape index (κ3) is 3.59. The minimum atomic E-state index is -0.621. The SMILES string of the molecule is O=C(Nc1cc([N+](=O)[O-])ccc1O)c1cc(-c2ccc(Cl)cc2)n[nH]1. The molecule has 0 aliphatic carbocycles. The monoisotopic (exact) mass is 358 g/mol. The molecule has 9 heteroatoms. The van der Waals surface area contributed by atoms with E-state index in [1.807, 2.05) is 0 Å². The summed E-state index contributed by atoms with van der Waals surface area (Å²) in [6.45, 7) is 0. The summed E-state index contributed by atoms with van der Waals surface area (Å²) in [7, 11) is 0. The molecule has 0 saturated carbocycles. The lowest BCUT2D eigenvalue weighted by molar-refractivity contribution is -0.384. The molecule has 0 unspecified atom stereocenters. The molecule has 25 heavy (non-hydrogen) atoms. The zero-order valence-electron chi connectivity index (χ0n) is 12.6. The predicted molar refractivity (Wildman–Crippen MR) is 91.7 cm³/mol. The van der Waals surface area contributed by atoms with Gasteiger partial charge in [-0.1, -0.05) is 23.7 Å². The van der Waals surface area contributed by atoms with Gasteiger partial charge in [0.25, 0.3) is 11.6 Å². The molecule has 0 saturated heterocycles. The summed E-state index contributed by atoms with van der Waals surface area (Å²) in [4.78, 5) is 22.4. The van der Waals surface area contributed by atoms with Crippen LogP contribution >= 0.6 is 11.6 Å². The van der Waals surface area contributed by atoms with Crippen molar-refractivity contribution in [1.82, 2.24) is 10.2 Å². The van der Waals surface area contributed by atoms with Gasteiger partial charge < -0.3 is 10.4 Å². The Morgan fingerprint density at radius 1 is 1.20 bits per heavy atom. The molecule has 0 fully saturated rings. The van der Waals surface area contributed by atoms with E-state index in [2.05, 4.69) is 15.5 Å². The maximum absolute atomic E-state index is 12.3. The Labute approximate surface area is 146 Å². The number of hydrogen-bond donors (Lipinski definition) is 3. The third-order valence-electron chi connectivity index (χ3n) is 3.40. The number of non-ortho nitro benzene ring substituents is 1. The van der Waals surface area contributed by atoms with Gasteiger partial charge in [0.15, 0.2) is 0 Å². The lowest BCUT2D eigenvalue weighted by atomic mass is 10.1. The number of carbonyl (C=O) groups is 1. The number of nitro benzene ring substituents is 1. The number of nitrogens with one attached hydrogen (secondary N) is 2. The summed E-state index contributed by atoms with van der Waals surface area (Å²) in [6, 6.07) is 11.8. The van der Waals surface area contributed by atoms with E-state index >= 15 is 0 Å². The number of phenols is 1. The van der Waals surface area contributed by atoms with Crippen LogP contribution in [0.1, 0.15) is 10.5 Å². The molecule has 3 N–H and O–H groups in total. The Balaban J connectivity index is 1.82. The van der Waals surface area contributed by atoms with E-state index in [0.717, 1.165) is 23.8 Å². The van der Waals surface area contributed by atoms with Crippen molar-refractivity contribution in [2.45, 2.75) is 0 Å². The van der Waals surface area contributed by atoms with Crippen LogP contribution in [0.15, 0.2) is 48.5 Å². The second kappa shape index (κ2) is 6.62. The molecule has 0 bridgehead atoms. The second-order valence-electron chi connectivity index (χ2n) is 5.09. The van der Waals surface area contributed by atoms with E-state index < -0.39 is 10.8 Å². The first-order valence-corrected chi connectivity index (χ1v) is 7.42. The van der Waals surface area contributed by atoms with E-state index in [1.165, 1.54) is 6.07 Å². The number of benzene rings is 2. The number of rotatable bonds is 4. The van der Waals surface area contributed by atoms with Gasteiger partial charge >= 0.3 is 0 Å². The number of carbonyl (C=O) groups excluding carboxylic acids is 1. The summed E-state index contributed by atoms with van der Waals surface area (Å²) >= 11 is 5.83. The van der Waals surface area contributed by atoms with E-state index in [1.54, 1.807) is 24.3 Å². The number of H-pyrrole nitrogens is 1. The van der Waals surface area contributed by atoms with Crippen molar-refractivity contribution in [2.75, 3.05) is 5.32 Å². The molecular formula is C16H11ClN4O4. The van der Waals surface area contributed by atoms with Gasteiger partial charge in [0, 0.05) is 22.7 Å². The molecule has 0 aliphatic rings. The fourth-order valence-corrected chi connectivity index (χ4v) is 2.26. The third-order valence-corrected chi connectivity index (χ3v) is 3.65. The molecule has 0 radical (unpaired) electrons. The van der Waals surface area contributed by atoms with Crippen molar-refractivity contribution in [3.63, 3.8) is 0 Å². The van der Waals surface area contributed by atoms with Crippen LogP contribution in [-0.4, -0.2) is 26.1 Å². The van der Waals surface area contributed by atoms with Gasteiger partial charge in [0.1, 0.15) is 11.4 Å². The van der Waals surface area contributed by atoms with Crippen LogP contribution in [-0.2, 0) is 0 Å². The lowest BCUT2D eigenvalue weighted by Crippen LogP contribution is -2.12. The topological polar surface area (TPSA) is 121 Å². The van der Waals surface area contributed by atoms with Crippen LogP contribution in [0.25, 0.3) is 11.3 Å². The van der Waals surface area contributed by atoms with E-state index in [9.17, 15) is 20.0 Å². The number of halogens is 1. The van der Waals surface area contributed by atoms with Crippen molar-refractivity contribution in [3.8, 4) is 17.0 Å². The van der Waals surface area contributed by atoms with Crippen molar-refractivity contribution in [2.24, 2.45) is 0 Å². The summed E-state index contributed by atoms with van der Waals surface area (Å²) < 4.78 is 0. The number of phenolic OH excluding ortho intramolecular Hbond substituents is 1. The van der Waals surface area contributed by atoms with Gasteiger partial charge in [0.2, 0.25) is 0 Å². The molecule has 3 aromatic rings. The highest BCUT2D eigenvalue weighted by Gasteiger charge is 2.16. The fraction of sp³-hybridized carbons (Fsp3) is 0. The smallest absolute Gasteiger partial charge is 0.273 e. The summed E-state index contributed by atoms with van der Waals surface area (Å²) in [5, 5.41) is 30.2. The standard InChI is InChI=1S/C16H11ClN4O4/c17-10-3-1-9(2-4-10)12-8-14(20-19-12)16(23)18-13-7-11(21(24)25)5-6-15(13)22/h1-8,22H,(H,18,23)(H,19,20). The average molecular weight is 359 g/mol. The molecule has 1 amide bonds. The minimum absolute atomic E-state index is 0.0677. The normalized spacial score (nSPS) is 10.4. The number of aromatic nitrogens is 2. The average Bonchev–Trinajstić information content (AvgIpc) is 3.07.